The fourth-order valence-corrected chi connectivity index (χ4v) is 3.54. The first-order chi connectivity index (χ1) is 8.80. The van der Waals surface area contributed by atoms with Gasteiger partial charge in [0, 0.05) is 5.41 Å². The highest BCUT2D eigenvalue weighted by molar-refractivity contribution is 5.35. The maximum Gasteiger partial charge on any atom is 0.0585 e. The lowest BCUT2D eigenvalue weighted by Crippen LogP contribution is -2.49. The molecule has 0 radical (unpaired) electrons. The maximum absolute atomic E-state index is 5.57. The lowest BCUT2D eigenvalue weighted by atomic mass is 9.69. The zero-order valence-corrected chi connectivity index (χ0v) is 11.2. The second-order valence-electron chi connectivity index (χ2n) is 5.99. The summed E-state index contributed by atoms with van der Waals surface area (Å²) < 4.78 is 5.57. The minimum atomic E-state index is 0.313. The first-order valence-corrected chi connectivity index (χ1v) is 7.15. The summed E-state index contributed by atoms with van der Waals surface area (Å²) in [5.74, 6) is 0.870. The van der Waals surface area contributed by atoms with E-state index in [4.69, 9.17) is 4.74 Å². The molecule has 0 bridgehead atoms. The van der Waals surface area contributed by atoms with Gasteiger partial charge in [0.05, 0.1) is 13.2 Å². The molecule has 1 aromatic rings. The Kier molecular flexibility index (Phi) is 3.40. The molecule has 2 nitrogen and oxygen atoms in total. The molecule has 18 heavy (non-hydrogen) atoms. The van der Waals surface area contributed by atoms with Crippen LogP contribution in [0, 0.1) is 12.8 Å². The maximum atomic E-state index is 5.57. The van der Waals surface area contributed by atoms with Crippen molar-refractivity contribution < 1.29 is 4.74 Å². The van der Waals surface area contributed by atoms with Gasteiger partial charge in [0.15, 0.2) is 0 Å². The van der Waals surface area contributed by atoms with Gasteiger partial charge < -0.3 is 10.1 Å². The van der Waals surface area contributed by atoms with E-state index >= 15 is 0 Å². The molecule has 1 N–H and O–H groups in total. The topological polar surface area (TPSA) is 21.3 Å². The summed E-state index contributed by atoms with van der Waals surface area (Å²) >= 11 is 0. The minimum absolute atomic E-state index is 0.313. The van der Waals surface area contributed by atoms with Crippen molar-refractivity contribution in [2.75, 3.05) is 26.3 Å². The highest BCUT2D eigenvalue weighted by Crippen LogP contribution is 2.41. The Bertz CT molecular complexity index is 405. The van der Waals surface area contributed by atoms with Crippen LogP contribution in [0.1, 0.15) is 30.4 Å². The van der Waals surface area contributed by atoms with E-state index in [1.165, 1.54) is 43.5 Å². The summed E-state index contributed by atoms with van der Waals surface area (Å²) in [7, 11) is 0. The Hall–Kier alpha value is -0.860. The van der Waals surface area contributed by atoms with Crippen LogP contribution < -0.4 is 5.32 Å². The third-order valence-electron chi connectivity index (χ3n) is 4.61. The Balaban J connectivity index is 1.79. The van der Waals surface area contributed by atoms with Gasteiger partial charge in [-0.3, -0.25) is 0 Å². The number of rotatable bonds is 3. The minimum Gasteiger partial charge on any atom is -0.379 e. The van der Waals surface area contributed by atoms with Gasteiger partial charge in [-0.2, -0.15) is 0 Å². The van der Waals surface area contributed by atoms with Crippen molar-refractivity contribution in [2.45, 2.75) is 31.6 Å². The number of benzene rings is 1. The van der Waals surface area contributed by atoms with E-state index in [0.29, 0.717) is 5.41 Å². The Labute approximate surface area is 110 Å². The second kappa shape index (κ2) is 5.02. The van der Waals surface area contributed by atoms with Crippen LogP contribution in [0.2, 0.25) is 0 Å². The summed E-state index contributed by atoms with van der Waals surface area (Å²) in [6.07, 6.45) is 3.96. The largest absolute Gasteiger partial charge is 0.379 e. The third-order valence-corrected chi connectivity index (χ3v) is 4.61. The molecule has 2 heterocycles. The summed E-state index contributed by atoms with van der Waals surface area (Å²) in [4.78, 5) is 0. The van der Waals surface area contributed by atoms with Crippen molar-refractivity contribution in [1.29, 1.82) is 0 Å². The Morgan fingerprint density at radius 1 is 1.22 bits per heavy atom. The first kappa shape index (κ1) is 12.2. The van der Waals surface area contributed by atoms with E-state index in [1.807, 2.05) is 0 Å². The van der Waals surface area contributed by atoms with Gasteiger partial charge in [-0.05, 0) is 56.3 Å². The zero-order chi connectivity index (χ0) is 12.4. The lowest BCUT2D eigenvalue weighted by molar-refractivity contribution is -0.0734. The highest BCUT2D eigenvalue weighted by atomic mass is 16.5. The Morgan fingerprint density at radius 3 is 2.56 bits per heavy atom. The van der Waals surface area contributed by atoms with E-state index in [-0.39, 0.29) is 0 Å². The molecule has 2 aliphatic rings. The predicted octanol–water partition coefficient (Wildman–Crippen LogP) is 2.65. The molecule has 1 aromatic carbocycles. The summed E-state index contributed by atoms with van der Waals surface area (Å²) in [6.45, 7) is 6.45. The number of nitrogens with one attached hydrogen (secondary N) is 1. The first-order valence-electron chi connectivity index (χ1n) is 7.15. The van der Waals surface area contributed by atoms with Crippen LogP contribution in [0.3, 0.4) is 0 Å². The average Bonchev–Trinajstić information content (AvgIpc) is 2.36. The van der Waals surface area contributed by atoms with E-state index in [2.05, 4.69) is 36.5 Å². The van der Waals surface area contributed by atoms with Crippen molar-refractivity contribution in [3.63, 3.8) is 0 Å². The monoisotopic (exact) mass is 245 g/mol. The van der Waals surface area contributed by atoms with E-state index in [1.54, 1.807) is 0 Å². The van der Waals surface area contributed by atoms with Gasteiger partial charge in [-0.1, -0.05) is 24.3 Å². The standard InChI is InChI=1S/C16H23NO/c1-13-4-2-3-5-15(13)16(11-18-12-16)10-14-6-8-17-9-7-14/h2-5,14,17H,6-12H2,1H3. The number of piperidine rings is 1. The second-order valence-corrected chi connectivity index (χ2v) is 5.99. The third kappa shape index (κ3) is 2.19. The molecule has 0 amide bonds. The van der Waals surface area contributed by atoms with Crippen LogP contribution >= 0.6 is 0 Å². The van der Waals surface area contributed by atoms with Crippen molar-refractivity contribution in [3.8, 4) is 0 Å². The molecule has 0 aromatic heterocycles. The molecule has 0 saturated carbocycles. The number of ether oxygens (including phenoxy) is 1. The molecular weight excluding hydrogens is 222 g/mol. The van der Waals surface area contributed by atoms with Crippen LogP contribution in [0.25, 0.3) is 0 Å². The van der Waals surface area contributed by atoms with Gasteiger partial charge in [0.25, 0.3) is 0 Å². The molecule has 3 rings (SSSR count). The van der Waals surface area contributed by atoms with Crippen molar-refractivity contribution in [1.82, 2.24) is 5.32 Å². The molecule has 2 heteroatoms. The fraction of sp³-hybridized carbons (Fsp3) is 0.625. The normalized spacial score (nSPS) is 23.6. The molecule has 2 fully saturated rings. The lowest BCUT2D eigenvalue weighted by Gasteiger charge is -2.45. The summed E-state index contributed by atoms with van der Waals surface area (Å²) in [5.41, 5.74) is 3.26. The molecule has 2 aliphatic heterocycles. The average molecular weight is 245 g/mol. The molecule has 0 atom stereocenters. The zero-order valence-electron chi connectivity index (χ0n) is 11.2. The van der Waals surface area contributed by atoms with Crippen molar-refractivity contribution >= 4 is 0 Å². The van der Waals surface area contributed by atoms with Gasteiger partial charge in [-0.25, -0.2) is 0 Å². The van der Waals surface area contributed by atoms with E-state index < -0.39 is 0 Å². The van der Waals surface area contributed by atoms with Crippen LogP contribution in [0.4, 0.5) is 0 Å². The predicted molar refractivity (Wildman–Crippen MR) is 73.9 cm³/mol. The summed E-state index contributed by atoms with van der Waals surface area (Å²) in [6, 6.07) is 8.85. The van der Waals surface area contributed by atoms with Crippen molar-refractivity contribution in [2.24, 2.45) is 5.92 Å². The molecule has 0 spiro atoms. The number of aryl methyl sites for hydroxylation is 1. The fourth-order valence-electron chi connectivity index (χ4n) is 3.54. The van der Waals surface area contributed by atoms with Crippen LogP contribution in [-0.2, 0) is 10.2 Å². The van der Waals surface area contributed by atoms with Crippen LogP contribution in [0.5, 0.6) is 0 Å². The van der Waals surface area contributed by atoms with Crippen LogP contribution in [0.15, 0.2) is 24.3 Å². The smallest absolute Gasteiger partial charge is 0.0585 e. The van der Waals surface area contributed by atoms with Gasteiger partial charge in [-0.15, -0.1) is 0 Å². The molecule has 2 saturated heterocycles. The van der Waals surface area contributed by atoms with Gasteiger partial charge in [0.1, 0.15) is 0 Å². The molecule has 0 aliphatic carbocycles. The van der Waals surface area contributed by atoms with E-state index in [9.17, 15) is 0 Å². The molecule has 0 unspecified atom stereocenters. The number of hydrogen-bond acceptors (Lipinski definition) is 2. The van der Waals surface area contributed by atoms with Crippen LogP contribution in [-0.4, -0.2) is 26.3 Å². The number of hydrogen-bond donors (Lipinski definition) is 1. The molecule has 98 valence electrons. The van der Waals surface area contributed by atoms with E-state index in [0.717, 1.165) is 19.1 Å². The van der Waals surface area contributed by atoms with Crippen molar-refractivity contribution in [3.05, 3.63) is 35.4 Å². The summed E-state index contributed by atoms with van der Waals surface area (Å²) in [5, 5.41) is 3.46. The van der Waals surface area contributed by atoms with Gasteiger partial charge in [0.2, 0.25) is 0 Å². The molecular formula is C16H23NO. The highest BCUT2D eigenvalue weighted by Gasteiger charge is 2.42. The Morgan fingerprint density at radius 2 is 1.94 bits per heavy atom. The SMILES string of the molecule is Cc1ccccc1C1(CC2CCNCC2)COC1. The van der Waals surface area contributed by atoms with Gasteiger partial charge >= 0.3 is 0 Å². The quantitative estimate of drug-likeness (QED) is 0.884.